The number of hydrogen-bond donors (Lipinski definition) is 1. The van der Waals surface area contributed by atoms with Crippen molar-refractivity contribution in [2.24, 2.45) is 0 Å². The van der Waals surface area contributed by atoms with E-state index in [0.717, 1.165) is 22.6 Å². The third kappa shape index (κ3) is 3.88. The number of hydrogen-bond acceptors (Lipinski definition) is 6. The Morgan fingerprint density at radius 1 is 0.938 bits per heavy atom. The zero-order chi connectivity index (χ0) is 22.8. The lowest BCUT2D eigenvalue weighted by Crippen LogP contribution is -2.36. The van der Waals surface area contributed by atoms with Gasteiger partial charge in [0.15, 0.2) is 5.78 Å². The average molecular weight is 434 g/mol. The van der Waals surface area contributed by atoms with Crippen molar-refractivity contribution in [1.29, 1.82) is 0 Å². The number of methoxy groups -OCH3 is 3. The van der Waals surface area contributed by atoms with E-state index in [0.29, 0.717) is 35.4 Å². The van der Waals surface area contributed by atoms with Gasteiger partial charge >= 0.3 is 5.97 Å². The molecular weight excluding hydrogens is 406 g/mol. The van der Waals surface area contributed by atoms with Crippen molar-refractivity contribution in [3.63, 3.8) is 0 Å². The molecule has 6 nitrogen and oxygen atoms in total. The van der Waals surface area contributed by atoms with E-state index in [4.69, 9.17) is 14.2 Å². The fourth-order valence-electron chi connectivity index (χ4n) is 4.69. The van der Waals surface area contributed by atoms with Gasteiger partial charge in [-0.3, -0.25) is 4.79 Å². The van der Waals surface area contributed by atoms with E-state index in [9.17, 15) is 9.59 Å². The van der Waals surface area contributed by atoms with E-state index in [1.807, 2.05) is 55.5 Å². The quantitative estimate of drug-likeness (QED) is 0.711. The van der Waals surface area contributed by atoms with Gasteiger partial charge in [-0.1, -0.05) is 24.3 Å². The number of dihydropyridines is 1. The summed E-state index contributed by atoms with van der Waals surface area (Å²) >= 11 is 0. The molecule has 0 bridgehead atoms. The molecule has 32 heavy (non-hydrogen) atoms. The number of allylic oxidation sites excluding steroid dienone is 3. The van der Waals surface area contributed by atoms with Crippen molar-refractivity contribution in [3.8, 4) is 11.5 Å². The van der Waals surface area contributed by atoms with Crippen molar-refractivity contribution >= 4 is 11.8 Å². The highest BCUT2D eigenvalue weighted by atomic mass is 16.5. The monoisotopic (exact) mass is 433 g/mol. The topological polar surface area (TPSA) is 73.9 Å². The second-order valence-electron chi connectivity index (χ2n) is 8.06. The average Bonchev–Trinajstić information content (AvgIpc) is 2.82. The number of ketones is 1. The number of nitrogens with one attached hydrogen (secondary N) is 1. The Morgan fingerprint density at radius 2 is 1.66 bits per heavy atom. The lowest BCUT2D eigenvalue weighted by molar-refractivity contribution is -0.136. The summed E-state index contributed by atoms with van der Waals surface area (Å²) in [7, 11) is 4.59. The van der Waals surface area contributed by atoms with Crippen molar-refractivity contribution in [1.82, 2.24) is 5.32 Å². The molecule has 0 fully saturated rings. The molecule has 4 rings (SSSR count). The molecule has 166 valence electrons. The van der Waals surface area contributed by atoms with Gasteiger partial charge in [-0.2, -0.15) is 0 Å². The Balaban J connectivity index is 1.78. The molecule has 0 unspecified atom stereocenters. The Kier molecular flexibility index (Phi) is 6.04. The number of benzene rings is 2. The van der Waals surface area contributed by atoms with Crippen LogP contribution in [-0.4, -0.2) is 33.1 Å². The first kappa shape index (κ1) is 21.7. The maximum Gasteiger partial charge on any atom is 0.336 e. The van der Waals surface area contributed by atoms with Gasteiger partial charge in [0.25, 0.3) is 0 Å². The normalized spacial score (nSPS) is 20.4. The first-order valence-corrected chi connectivity index (χ1v) is 10.6. The smallest absolute Gasteiger partial charge is 0.336 e. The van der Waals surface area contributed by atoms with E-state index < -0.39 is 11.9 Å². The van der Waals surface area contributed by atoms with Crippen LogP contribution in [0.3, 0.4) is 0 Å². The van der Waals surface area contributed by atoms with Crippen LogP contribution in [0.5, 0.6) is 11.5 Å². The lowest BCUT2D eigenvalue weighted by Gasteiger charge is -2.36. The first-order valence-electron chi connectivity index (χ1n) is 10.6. The molecule has 0 saturated heterocycles. The third-order valence-corrected chi connectivity index (χ3v) is 6.25. The second-order valence-corrected chi connectivity index (χ2v) is 8.06. The number of Topliss-reactive ketones (excluding diaryl/α,β-unsaturated/α-hetero) is 1. The van der Waals surface area contributed by atoms with Crippen LogP contribution in [0, 0.1) is 0 Å². The zero-order valence-electron chi connectivity index (χ0n) is 18.7. The minimum atomic E-state index is -0.502. The van der Waals surface area contributed by atoms with Crippen molar-refractivity contribution in [3.05, 3.63) is 82.2 Å². The van der Waals surface area contributed by atoms with Gasteiger partial charge in [0.2, 0.25) is 0 Å². The Hall–Kier alpha value is -3.54. The highest BCUT2D eigenvalue weighted by molar-refractivity contribution is 6.04. The number of carbonyl (C=O) groups excluding carboxylic acids is 2. The molecule has 0 saturated carbocycles. The number of ether oxygens (including phenoxy) is 3. The summed E-state index contributed by atoms with van der Waals surface area (Å²) in [5.41, 5.74) is 4.57. The SMILES string of the molecule is COC(=O)C1=C(C)NC2=C(C(=O)C[C@@H](c3ccc(OC)cc3)C2)[C@H]1c1cccc(OC)c1. The maximum absolute atomic E-state index is 13.5. The highest BCUT2D eigenvalue weighted by Crippen LogP contribution is 2.46. The van der Waals surface area contributed by atoms with Crippen LogP contribution in [0.1, 0.15) is 42.7 Å². The molecule has 1 N–H and O–H groups in total. The van der Waals surface area contributed by atoms with Crippen LogP contribution in [0.15, 0.2) is 71.1 Å². The van der Waals surface area contributed by atoms with Gasteiger partial charge in [0.05, 0.1) is 26.9 Å². The minimum absolute atomic E-state index is 0.0290. The van der Waals surface area contributed by atoms with Crippen LogP contribution in [0.4, 0.5) is 0 Å². The molecule has 1 aliphatic heterocycles. The summed E-state index contributed by atoms with van der Waals surface area (Å²) in [5.74, 6) is 0.590. The van der Waals surface area contributed by atoms with Gasteiger partial charge < -0.3 is 19.5 Å². The zero-order valence-corrected chi connectivity index (χ0v) is 18.7. The molecular formula is C26H27NO5. The molecule has 2 aromatic rings. The van der Waals surface area contributed by atoms with E-state index in [-0.39, 0.29) is 11.7 Å². The Morgan fingerprint density at radius 3 is 2.31 bits per heavy atom. The van der Waals surface area contributed by atoms with Crippen LogP contribution < -0.4 is 14.8 Å². The summed E-state index contributed by atoms with van der Waals surface area (Å²) in [4.78, 5) is 26.3. The Bertz CT molecular complexity index is 1110. The first-order chi connectivity index (χ1) is 15.5. The van der Waals surface area contributed by atoms with Crippen LogP contribution >= 0.6 is 0 Å². The van der Waals surface area contributed by atoms with Gasteiger partial charge in [-0.15, -0.1) is 0 Å². The summed E-state index contributed by atoms with van der Waals surface area (Å²) < 4.78 is 15.7. The summed E-state index contributed by atoms with van der Waals surface area (Å²) in [6, 6.07) is 15.3. The number of rotatable bonds is 5. The predicted octanol–water partition coefficient (Wildman–Crippen LogP) is 4.24. The molecule has 0 aromatic heterocycles. The summed E-state index contributed by atoms with van der Waals surface area (Å²) in [5, 5.41) is 3.35. The largest absolute Gasteiger partial charge is 0.497 e. The third-order valence-electron chi connectivity index (χ3n) is 6.25. The number of esters is 1. The molecule has 0 amide bonds. The van der Waals surface area contributed by atoms with Gasteiger partial charge in [0, 0.05) is 29.3 Å². The standard InChI is InChI=1S/C26H27NO5/c1-15-23(26(29)32-4)24(17-6-5-7-20(12-17)31-3)25-21(27-15)13-18(14-22(25)28)16-8-10-19(30-2)11-9-16/h5-12,18,24,27H,13-14H2,1-4H3/t18-,24-/m0/s1. The highest BCUT2D eigenvalue weighted by Gasteiger charge is 2.41. The summed E-state index contributed by atoms with van der Waals surface area (Å²) in [6.45, 7) is 1.85. The second kappa shape index (κ2) is 8.91. The molecule has 2 aromatic carbocycles. The van der Waals surface area contributed by atoms with Gasteiger partial charge in [-0.05, 0) is 54.7 Å². The van der Waals surface area contributed by atoms with Gasteiger partial charge in [0.1, 0.15) is 11.5 Å². The fraction of sp³-hybridized carbons (Fsp3) is 0.308. The molecule has 1 aliphatic carbocycles. The number of carbonyl (C=O) groups is 2. The predicted molar refractivity (Wildman–Crippen MR) is 121 cm³/mol. The van der Waals surface area contributed by atoms with Crippen LogP contribution in [0.25, 0.3) is 0 Å². The lowest BCUT2D eigenvalue weighted by atomic mass is 9.71. The van der Waals surface area contributed by atoms with Crippen LogP contribution in [0.2, 0.25) is 0 Å². The van der Waals surface area contributed by atoms with Crippen molar-refractivity contribution in [2.75, 3.05) is 21.3 Å². The van der Waals surface area contributed by atoms with E-state index in [2.05, 4.69) is 5.32 Å². The maximum atomic E-state index is 13.5. The van der Waals surface area contributed by atoms with Gasteiger partial charge in [-0.25, -0.2) is 4.79 Å². The van der Waals surface area contributed by atoms with E-state index >= 15 is 0 Å². The van der Waals surface area contributed by atoms with E-state index in [1.54, 1.807) is 14.2 Å². The molecule has 1 heterocycles. The Labute approximate surface area is 187 Å². The van der Waals surface area contributed by atoms with Crippen molar-refractivity contribution in [2.45, 2.75) is 31.6 Å². The molecule has 6 heteroatoms. The van der Waals surface area contributed by atoms with Crippen molar-refractivity contribution < 1.29 is 23.8 Å². The summed E-state index contributed by atoms with van der Waals surface area (Å²) in [6.07, 6.45) is 1.06. The molecule has 0 radical (unpaired) electrons. The van der Waals surface area contributed by atoms with E-state index in [1.165, 1.54) is 7.11 Å². The molecule has 2 aliphatic rings. The van der Waals surface area contributed by atoms with Crippen LogP contribution in [-0.2, 0) is 14.3 Å². The fourth-order valence-corrected chi connectivity index (χ4v) is 4.69. The molecule has 2 atom stereocenters. The molecule has 0 spiro atoms. The minimum Gasteiger partial charge on any atom is -0.497 e.